The van der Waals surface area contributed by atoms with Gasteiger partial charge in [-0.05, 0) is 163 Å². The number of hydrogen-bond donors (Lipinski definition) is 0. The molecule has 8 aromatic rings. The number of amides is 2. The monoisotopic (exact) mass is 1390 g/mol. The maximum atomic E-state index is 15.0. The van der Waals surface area contributed by atoms with Crippen molar-refractivity contribution in [3.8, 4) is 22.3 Å². The van der Waals surface area contributed by atoms with Gasteiger partial charge < -0.3 is 28.7 Å². The van der Waals surface area contributed by atoms with Gasteiger partial charge in [0.1, 0.15) is 24.7 Å². The van der Waals surface area contributed by atoms with Crippen LogP contribution in [0.2, 0.25) is 0 Å². The highest BCUT2D eigenvalue weighted by Crippen LogP contribution is 2.36. The molecule has 2 amide bonds. The van der Waals surface area contributed by atoms with Crippen LogP contribution in [0, 0.1) is 24.5 Å². The summed E-state index contributed by atoms with van der Waals surface area (Å²) in [6.07, 6.45) is -14.8. The number of halogens is 8. The Bertz CT molecular complexity index is 5500. The first-order valence-electron chi connectivity index (χ1n) is 43.5. The lowest BCUT2D eigenvalue weighted by Gasteiger charge is -2.28. The third kappa shape index (κ3) is 19.0. The molecule has 0 radical (unpaired) electrons. The van der Waals surface area contributed by atoms with E-state index in [1.165, 1.54) is 66.9 Å². The first-order chi connectivity index (χ1) is 56.8. The SMILES string of the molecule is [2H]C([2H])(C)N(C([2H])([2H])C)C([2H])([2H])C([2H])([2H])N(Cc1ccc(-c2ccc(C(F)(F)F)cc2)cc1)C(=O)Cn1c(SCc2ccc(F)cc2)nc(=O)c2c1CCC2.[2H]c1c([2H])c(CSc2nc(=O)c3c(n2CC(=O)N(Cc2c([2H])c([2H])c(-c4c([2H])c([2H])c(C(F)(F)F)c(C)c4[2H])c([2H])c2[2H])C([2H])([2H])C([2H])([2H])N(CC)CC)C([2H])([2H])C([2H])(C)C3([2H])[2H])c([2H])c([2H])c1F. The van der Waals surface area contributed by atoms with Gasteiger partial charge in [0.15, 0.2) is 10.3 Å². The van der Waals surface area contributed by atoms with Crippen LogP contribution in [-0.4, -0.2) is 103 Å². The Morgan fingerprint density at radius 2 is 1.09 bits per heavy atom. The van der Waals surface area contributed by atoms with Crippen LogP contribution >= 0.6 is 23.5 Å². The topological polar surface area (TPSA) is 117 Å². The van der Waals surface area contributed by atoms with Gasteiger partial charge in [-0.15, -0.1) is 0 Å². The highest BCUT2D eigenvalue weighted by molar-refractivity contribution is 7.98. The van der Waals surface area contributed by atoms with E-state index >= 15 is 4.79 Å². The summed E-state index contributed by atoms with van der Waals surface area (Å²) in [5.74, 6) is -7.91. The van der Waals surface area contributed by atoms with Crippen molar-refractivity contribution in [2.45, 2.75) is 134 Å². The van der Waals surface area contributed by atoms with Gasteiger partial charge in [0.05, 0.1) is 31.7 Å². The number of hydrogen-bond acceptors (Lipinski definition) is 10. The van der Waals surface area contributed by atoms with E-state index in [2.05, 4.69) is 9.97 Å². The molecule has 96 heavy (non-hydrogen) atoms. The summed E-state index contributed by atoms with van der Waals surface area (Å²) < 4.78 is 354. The van der Waals surface area contributed by atoms with Crippen LogP contribution in [0.1, 0.15) is 141 Å². The predicted molar refractivity (Wildman–Crippen MR) is 362 cm³/mol. The molecule has 1 unspecified atom stereocenters. The molecule has 10 rings (SSSR count). The van der Waals surface area contributed by atoms with E-state index in [4.69, 9.17) is 35.6 Å². The number of benzene rings is 6. The van der Waals surface area contributed by atoms with Crippen molar-refractivity contribution in [1.29, 1.82) is 0 Å². The second-order valence-corrected chi connectivity index (χ2v) is 23.1. The fraction of sp³-hybridized carbons (Fsp3) is 0.378. The summed E-state index contributed by atoms with van der Waals surface area (Å²) in [6.45, 7) is -17.5. The van der Waals surface area contributed by atoms with Gasteiger partial charge in [-0.3, -0.25) is 19.2 Å². The zero-order valence-corrected chi connectivity index (χ0v) is 53.9. The van der Waals surface area contributed by atoms with Gasteiger partial charge >= 0.3 is 12.4 Å². The van der Waals surface area contributed by atoms with E-state index in [-0.39, 0.29) is 39.4 Å². The van der Waals surface area contributed by atoms with Gasteiger partial charge in [0.2, 0.25) is 11.8 Å². The molecule has 2 heterocycles. The lowest BCUT2D eigenvalue weighted by Crippen LogP contribution is -2.40. The number of thioether (sulfide) groups is 2. The number of aromatic nitrogens is 4. The summed E-state index contributed by atoms with van der Waals surface area (Å²) >= 11 is 1.43. The Hall–Kier alpha value is -7.92. The van der Waals surface area contributed by atoms with Gasteiger partial charge in [-0.25, -0.2) is 8.78 Å². The second kappa shape index (κ2) is 32.9. The molecule has 2 aromatic heterocycles. The van der Waals surface area contributed by atoms with Crippen LogP contribution in [-0.2, 0) is 85.2 Å². The minimum atomic E-state index is -5.22. The first-order valence-corrected chi connectivity index (χ1v) is 31.5. The fourth-order valence-electron chi connectivity index (χ4n) is 9.66. The molecule has 0 fully saturated rings. The molecule has 0 saturated heterocycles. The Morgan fingerprint density at radius 1 is 0.583 bits per heavy atom. The molecule has 0 aliphatic heterocycles. The maximum absolute atomic E-state index is 15.0. The van der Waals surface area contributed by atoms with Gasteiger partial charge in [0, 0.05) is 90.9 Å². The summed E-state index contributed by atoms with van der Waals surface area (Å²) in [5, 5.41) is -0.617. The predicted octanol–water partition coefficient (Wildman–Crippen LogP) is 15.0. The lowest BCUT2D eigenvalue weighted by atomic mass is 9.98. The fourth-order valence-corrected chi connectivity index (χ4v) is 11.5. The molecule has 0 saturated carbocycles. The summed E-state index contributed by atoms with van der Waals surface area (Å²) in [6, 6.07) is 3.87. The molecule has 0 spiro atoms. The van der Waals surface area contributed by atoms with Crippen molar-refractivity contribution < 1.29 is 83.1 Å². The smallest absolute Gasteiger partial charge is 0.336 e. The molecule has 6 aromatic carbocycles. The number of likely N-dealkylation sites (N-methyl/N-ethyl adjacent to an activating group) is 2. The Kier molecular flexibility index (Phi) is 14.9. The summed E-state index contributed by atoms with van der Waals surface area (Å²) in [4.78, 5) is 66.0. The molecular weight excluding hydrogens is 1280 g/mol. The van der Waals surface area contributed by atoms with Crippen LogP contribution < -0.4 is 11.1 Å². The average molecular weight is 1390 g/mol. The lowest BCUT2D eigenvalue weighted by molar-refractivity contribution is -0.138. The molecule has 22 heteroatoms. The summed E-state index contributed by atoms with van der Waals surface area (Å²) in [5.41, 5.74) is -7.75. The Labute approximate surface area is 603 Å². The number of nitrogens with zero attached hydrogens (tertiary/aromatic N) is 8. The van der Waals surface area contributed by atoms with E-state index < -0.39 is 258 Å². The highest BCUT2D eigenvalue weighted by atomic mass is 32.2. The van der Waals surface area contributed by atoms with Crippen LogP contribution in [0.3, 0.4) is 0 Å². The number of rotatable bonds is 26. The zero-order chi connectivity index (χ0) is 93.7. The molecule has 0 N–H and O–H groups in total. The standard InChI is InChI=1S/C38H42F4N4O2S.C36H38F4N4O2S/c1-5-44(6-2)17-18-45(22-27-7-11-29(12-8-27)30-13-16-33(26(4)21-30)38(40,41)42)35(47)23-46-34-20-25(3)19-32(34)36(48)43-37(46)49-24-28-9-14-31(39)15-10-28;1-3-42(4-2)20-21-43(22-25-8-12-27(13-9-25)28-14-16-29(17-15-28)36(38,39)40)33(45)23-44-32-7-5-6-31(32)34(46)41-35(44)47-24-26-10-18-30(37)19-11-26/h7-16,21,25H,5-6,17-20,22-24H2,1-4H3;8-19H,3-7,20-24H2,1-2H3/i7D,8D,9D,10D,11D,12D,13D,14D,15D,16D,17D2,18D2,19D2,20D2,21D,25D;3D2,4D2,20D2,21D2. The molecule has 508 valence electrons. The second-order valence-electron chi connectivity index (χ2n) is 21.2. The van der Waals surface area contributed by atoms with Crippen molar-refractivity contribution in [2.75, 3.05) is 52.1 Å². The zero-order valence-electron chi connectivity index (χ0n) is 80.3. The molecule has 2 aliphatic carbocycles. The quantitative estimate of drug-likeness (QED) is 0.0295. The normalized spacial score (nSPS) is 20.5. The molecule has 1 atom stereocenters. The van der Waals surface area contributed by atoms with Crippen molar-refractivity contribution in [1.82, 2.24) is 38.7 Å². The van der Waals surface area contributed by atoms with Gasteiger partial charge in [0.25, 0.3) is 11.1 Å². The number of fused-ring (bicyclic) bond motifs is 2. The van der Waals surface area contributed by atoms with Crippen LogP contribution in [0.25, 0.3) is 22.3 Å². The Balaban J connectivity index is 0.000000288. The maximum Gasteiger partial charge on any atom is 0.416 e. The molecular formula is C74H80F8N8O4S2. The van der Waals surface area contributed by atoms with Crippen LogP contribution in [0.5, 0.6) is 0 Å². The van der Waals surface area contributed by atoms with Crippen molar-refractivity contribution in [3.05, 3.63) is 233 Å². The largest absolute Gasteiger partial charge is 0.416 e. The van der Waals surface area contributed by atoms with E-state index in [0.717, 1.165) is 56.5 Å². The average Bonchev–Trinajstić information content (AvgIpc) is 1.52. The molecule has 2 aliphatic rings. The minimum Gasteiger partial charge on any atom is -0.336 e. The van der Waals surface area contributed by atoms with Gasteiger partial charge in [-0.1, -0.05) is 155 Å². The van der Waals surface area contributed by atoms with Crippen molar-refractivity contribution >= 4 is 35.3 Å². The highest BCUT2D eigenvalue weighted by Gasteiger charge is 2.34. The molecule has 0 bridgehead atoms. The van der Waals surface area contributed by atoms with E-state index in [0.29, 0.717) is 68.4 Å². The summed E-state index contributed by atoms with van der Waals surface area (Å²) in [7, 11) is 0. The van der Waals surface area contributed by atoms with E-state index in [9.17, 15) is 52.2 Å². The van der Waals surface area contributed by atoms with Crippen molar-refractivity contribution in [3.63, 3.8) is 0 Å². The van der Waals surface area contributed by atoms with Crippen LogP contribution in [0.15, 0.2) is 159 Å². The van der Waals surface area contributed by atoms with Crippen molar-refractivity contribution in [2.24, 2.45) is 5.89 Å². The number of alkyl halides is 6. The molecule has 12 nitrogen and oxygen atoms in total. The van der Waals surface area contributed by atoms with E-state index in [1.807, 2.05) is 0 Å². The Morgan fingerprint density at radius 3 is 1.66 bits per heavy atom. The number of carbonyl (C=O) groups is 2. The van der Waals surface area contributed by atoms with Crippen LogP contribution in [0.4, 0.5) is 35.1 Å². The first kappa shape index (κ1) is 43.4. The number of carbonyl (C=O) groups excluding carboxylic acids is 2. The minimum absolute atomic E-state index is 0.0869. The third-order valence-corrected chi connectivity index (χ3v) is 16.7. The van der Waals surface area contributed by atoms with E-state index in [1.54, 1.807) is 12.1 Å². The van der Waals surface area contributed by atoms with Gasteiger partial charge in [-0.2, -0.15) is 36.3 Å². The third-order valence-electron chi connectivity index (χ3n) is 14.6.